The Kier molecular flexibility index (Phi) is 14.0. The second-order valence-electron chi connectivity index (χ2n) is 19.1. The van der Waals surface area contributed by atoms with Crippen molar-refractivity contribution >= 4 is 24.8 Å². The van der Waals surface area contributed by atoms with Crippen molar-refractivity contribution in [2.45, 2.75) is 105 Å². The van der Waals surface area contributed by atoms with Gasteiger partial charge in [0.15, 0.2) is 0 Å². The summed E-state index contributed by atoms with van der Waals surface area (Å²) in [5.74, 6) is 5.77. The van der Waals surface area contributed by atoms with E-state index in [9.17, 15) is 0 Å². The quantitative estimate of drug-likeness (QED) is 0.163. The topological polar surface area (TPSA) is 0 Å². The summed E-state index contributed by atoms with van der Waals surface area (Å²) in [6.45, 7) is 20.1. The average Bonchev–Trinajstić information content (AvgIpc) is 3.70. The molecular formula is C52H60Cl2Zr-2. The van der Waals surface area contributed by atoms with Crippen LogP contribution >= 0.6 is 0 Å². The van der Waals surface area contributed by atoms with E-state index in [4.69, 9.17) is 0 Å². The van der Waals surface area contributed by atoms with Crippen LogP contribution in [0.25, 0.3) is 21.5 Å². The summed E-state index contributed by atoms with van der Waals surface area (Å²) in [6.07, 6.45) is 16.0. The van der Waals surface area contributed by atoms with E-state index in [1.165, 1.54) is 108 Å². The Hall–Kier alpha value is -2.44. The second kappa shape index (κ2) is 17.6. The van der Waals surface area contributed by atoms with Crippen LogP contribution in [0, 0.1) is 55.4 Å². The maximum Gasteiger partial charge on any atom is -1.00 e. The molecule has 288 valence electrons. The van der Waals surface area contributed by atoms with Crippen molar-refractivity contribution in [3.8, 4) is 0 Å². The molecule has 0 saturated heterocycles. The summed E-state index contributed by atoms with van der Waals surface area (Å²) < 4.78 is 1.42. The summed E-state index contributed by atoms with van der Waals surface area (Å²) in [4.78, 5) is 0. The minimum absolute atomic E-state index is 0. The normalized spacial score (nSPS) is 23.6. The van der Waals surface area contributed by atoms with Crippen molar-refractivity contribution < 1.29 is 49.0 Å². The van der Waals surface area contributed by atoms with Gasteiger partial charge in [0.2, 0.25) is 0 Å². The Morgan fingerprint density at radius 3 is 1.40 bits per heavy atom. The molecule has 5 aliphatic carbocycles. The van der Waals surface area contributed by atoms with Crippen molar-refractivity contribution in [2.24, 2.45) is 35.5 Å². The average molecular weight is 847 g/mol. The number of halogens is 2. The van der Waals surface area contributed by atoms with Crippen LogP contribution < -0.4 is 24.8 Å². The Morgan fingerprint density at radius 2 is 1.04 bits per heavy atom. The minimum Gasteiger partial charge on any atom is -1.00 e. The fourth-order valence-corrected chi connectivity index (χ4v) is 10.7. The molecule has 0 aromatic heterocycles. The van der Waals surface area contributed by atoms with Crippen molar-refractivity contribution in [1.29, 1.82) is 0 Å². The Bertz CT molecular complexity index is 2000. The molecule has 0 heterocycles. The van der Waals surface area contributed by atoms with E-state index in [0.29, 0.717) is 5.92 Å². The first-order chi connectivity index (χ1) is 25.1. The Balaban J connectivity index is 0.000000157. The Morgan fingerprint density at radius 1 is 0.618 bits per heavy atom. The van der Waals surface area contributed by atoms with E-state index in [1.807, 2.05) is 0 Å². The minimum atomic E-state index is 0. The molecule has 0 spiro atoms. The van der Waals surface area contributed by atoms with Gasteiger partial charge in [0.1, 0.15) is 0 Å². The zero-order valence-electron chi connectivity index (χ0n) is 34.6. The van der Waals surface area contributed by atoms with Gasteiger partial charge in [0.05, 0.1) is 0 Å². The number of rotatable bonds is 3. The van der Waals surface area contributed by atoms with Crippen LogP contribution in [0.3, 0.4) is 0 Å². The van der Waals surface area contributed by atoms with E-state index in [1.54, 1.807) is 12.0 Å². The zero-order chi connectivity index (χ0) is 37.7. The number of hydrogen-bond donors (Lipinski definition) is 0. The number of allylic oxidation sites excluding steroid dienone is 4. The van der Waals surface area contributed by atoms with Crippen LogP contribution in [0.15, 0.2) is 109 Å². The molecule has 5 aromatic rings. The zero-order valence-corrected chi connectivity index (χ0v) is 38.5. The van der Waals surface area contributed by atoms with E-state index in [0.717, 1.165) is 29.6 Å². The number of fused-ring (bicyclic) bond motifs is 3. The van der Waals surface area contributed by atoms with Gasteiger partial charge in [-0.05, 0) is 66.6 Å². The van der Waals surface area contributed by atoms with E-state index >= 15 is 0 Å². The molecule has 0 aliphatic heterocycles. The fourth-order valence-electron chi connectivity index (χ4n) is 9.85. The molecule has 55 heavy (non-hydrogen) atoms. The third kappa shape index (κ3) is 10.00. The molecule has 4 saturated carbocycles. The van der Waals surface area contributed by atoms with Gasteiger partial charge in [-0.1, -0.05) is 95.7 Å². The number of aryl methyl sites for hydroxylation is 2. The summed E-state index contributed by atoms with van der Waals surface area (Å²) in [6, 6.07) is 33.7. The molecule has 3 heteroatoms. The largest absolute Gasteiger partial charge is 1.00 e. The number of benzene rings is 4. The van der Waals surface area contributed by atoms with Crippen LogP contribution in [0.1, 0.15) is 114 Å². The second-order valence-corrected chi connectivity index (χ2v) is 20.3. The predicted octanol–water partition coefficient (Wildman–Crippen LogP) is 7.73. The van der Waals surface area contributed by atoms with Crippen molar-refractivity contribution in [3.05, 3.63) is 148 Å². The molecule has 0 amide bonds. The Labute approximate surface area is 360 Å². The van der Waals surface area contributed by atoms with E-state index in [-0.39, 0.29) is 35.6 Å². The maximum absolute atomic E-state index is 3.46. The first-order valence-electron chi connectivity index (χ1n) is 20.3. The van der Waals surface area contributed by atoms with Gasteiger partial charge in [0.25, 0.3) is 0 Å². The molecule has 4 fully saturated rings. The molecular weight excluding hydrogens is 787 g/mol. The van der Waals surface area contributed by atoms with Gasteiger partial charge < -0.3 is 24.8 Å². The summed E-state index contributed by atoms with van der Waals surface area (Å²) in [7, 11) is 0. The predicted molar refractivity (Wildman–Crippen MR) is 226 cm³/mol. The van der Waals surface area contributed by atoms with Crippen molar-refractivity contribution in [3.63, 3.8) is 0 Å². The molecule has 10 rings (SSSR count). The summed E-state index contributed by atoms with van der Waals surface area (Å²) in [5.41, 5.74) is 10.2. The van der Waals surface area contributed by atoms with Crippen LogP contribution in [-0.4, -0.2) is 3.21 Å². The molecule has 4 bridgehead atoms. The van der Waals surface area contributed by atoms with Gasteiger partial charge in [-0.15, -0.1) is 39.7 Å². The van der Waals surface area contributed by atoms with Crippen molar-refractivity contribution in [2.75, 3.05) is 0 Å². The summed E-state index contributed by atoms with van der Waals surface area (Å²) in [5, 5.41) is 5.48. The van der Waals surface area contributed by atoms with Gasteiger partial charge in [-0.3, -0.25) is 6.08 Å². The van der Waals surface area contributed by atoms with Crippen LogP contribution in [0.4, 0.5) is 0 Å². The fraction of sp³-hybridized carbons (Fsp3) is 0.423. The monoisotopic (exact) mass is 844 g/mol. The van der Waals surface area contributed by atoms with E-state index in [2.05, 4.69) is 172 Å². The third-order valence-electron chi connectivity index (χ3n) is 12.7. The van der Waals surface area contributed by atoms with Crippen LogP contribution in [0.5, 0.6) is 0 Å². The molecule has 1 unspecified atom stereocenters. The van der Waals surface area contributed by atoms with Crippen LogP contribution in [0.2, 0.25) is 0 Å². The standard InChI is InChI=1S/C21H25.C16H21.C15H14.2ClH.Zr/c1-20(2,3)16-7-9-18-14(12-16)11-15-13-17(21(4,5)6)8-10-19(15)18;1-10-2-3-13(4-10)16-14-6-11-5-12(8-14)9-15(16)7-11;1-12-3-7-14(8-4-12)11-15-9-5-13(2)6-10-15;;;/h7-13H,1-6H3;3-4,10-12,14-16H,5-9H2,1H3;3-10H,1-2H3;2*1H;/q2*-1;;;;+2/p-2. The molecule has 0 nitrogen and oxygen atoms in total. The van der Waals surface area contributed by atoms with Crippen LogP contribution in [-0.2, 0) is 35.1 Å². The maximum atomic E-state index is 3.46. The molecule has 1 atom stereocenters. The third-order valence-corrected chi connectivity index (χ3v) is 14.1. The number of hydrogen-bond acceptors (Lipinski definition) is 0. The van der Waals surface area contributed by atoms with Gasteiger partial charge >= 0.3 is 112 Å². The first kappa shape index (κ1) is 43.7. The van der Waals surface area contributed by atoms with Crippen molar-refractivity contribution in [1.82, 2.24) is 0 Å². The van der Waals surface area contributed by atoms with Gasteiger partial charge in [-0.2, -0.15) is 11.6 Å². The SMILES string of the molecule is CC(C)(C)c1ccc2c(c1)[cH-]c1cc(C(C)(C)C)ccc12.CC1[C-]=CC(C2C3CC4CC(C3)CC2C4)=C1.Cc1ccc([C](=[Zr+2])c2ccc(C)cc2)cc1.[Cl-].[Cl-]. The summed E-state index contributed by atoms with van der Waals surface area (Å²) >= 11 is 1.46. The van der Waals surface area contributed by atoms with E-state index < -0.39 is 0 Å². The first-order valence-corrected chi connectivity index (χ1v) is 21.5. The molecule has 0 N–H and O–H groups in total. The van der Waals surface area contributed by atoms with Gasteiger partial charge in [-0.25, -0.2) is 6.08 Å². The molecule has 0 radical (unpaired) electrons. The van der Waals surface area contributed by atoms with Gasteiger partial charge in [0, 0.05) is 0 Å². The molecule has 5 aliphatic rings. The molecule has 5 aromatic carbocycles. The smallest absolute Gasteiger partial charge is 1.00 e.